The number of para-hydroxylation sites is 2. The minimum atomic E-state index is 0.650. The van der Waals surface area contributed by atoms with Crippen molar-refractivity contribution < 1.29 is 4.42 Å². The van der Waals surface area contributed by atoms with Crippen LogP contribution in [-0.4, -0.2) is 14.5 Å². The number of fused-ring (bicyclic) bond motifs is 7. The predicted octanol–water partition coefficient (Wildman–Crippen LogP) is 13.5. The van der Waals surface area contributed by atoms with Crippen LogP contribution in [-0.2, 0) is 0 Å². The summed E-state index contributed by atoms with van der Waals surface area (Å²) in [6, 6.07) is 49.2. The van der Waals surface area contributed by atoms with Crippen LogP contribution in [0.3, 0.4) is 0 Å². The fourth-order valence-corrected chi connectivity index (χ4v) is 9.23. The minimum Gasteiger partial charge on any atom is -0.456 e. The molecule has 4 nitrogen and oxygen atoms in total. The molecule has 4 aromatic heterocycles. The number of allylic oxidation sites excluding steroid dienone is 7. The summed E-state index contributed by atoms with van der Waals surface area (Å²) in [5.41, 5.74) is 11.2. The summed E-state index contributed by atoms with van der Waals surface area (Å²) in [6.45, 7) is 8.09. The molecule has 0 amide bonds. The van der Waals surface area contributed by atoms with Crippen molar-refractivity contribution in [1.82, 2.24) is 14.5 Å². The molecule has 0 fully saturated rings. The third-order valence-corrected chi connectivity index (χ3v) is 12.0. The minimum absolute atomic E-state index is 0.650. The normalized spacial score (nSPS) is 13.2. The van der Waals surface area contributed by atoms with Gasteiger partial charge in [-0.05, 0) is 110 Å². The summed E-state index contributed by atoms with van der Waals surface area (Å²) >= 11 is 1.78. The maximum Gasteiger partial charge on any atom is 0.153 e. The molecule has 59 heavy (non-hydrogen) atoms. The fraction of sp³-hybridized carbons (Fsp3) is 0.0370. The van der Waals surface area contributed by atoms with E-state index in [0.717, 1.165) is 87.4 Å². The van der Waals surface area contributed by atoms with Gasteiger partial charge < -0.3 is 8.98 Å². The molecule has 0 unspecified atom stereocenters. The van der Waals surface area contributed by atoms with Crippen molar-refractivity contribution in [3.05, 3.63) is 198 Å². The lowest BCUT2D eigenvalue weighted by Gasteiger charge is -2.09. The maximum atomic E-state index is 6.17. The Bertz CT molecular complexity index is 3480. The Morgan fingerprint density at radius 1 is 0.610 bits per heavy atom. The van der Waals surface area contributed by atoms with Gasteiger partial charge in [0, 0.05) is 58.2 Å². The zero-order valence-corrected chi connectivity index (χ0v) is 33.6. The first kappa shape index (κ1) is 36.0. The molecule has 6 aromatic carbocycles. The highest BCUT2D eigenvalue weighted by molar-refractivity contribution is 7.17. The van der Waals surface area contributed by atoms with Crippen LogP contribution in [0.4, 0.5) is 0 Å². The van der Waals surface area contributed by atoms with Crippen LogP contribution in [0.2, 0.25) is 0 Å². The van der Waals surface area contributed by atoms with Gasteiger partial charge >= 0.3 is 0 Å². The van der Waals surface area contributed by atoms with E-state index in [9.17, 15) is 0 Å². The van der Waals surface area contributed by atoms with Gasteiger partial charge in [-0.15, -0.1) is 11.3 Å². The van der Waals surface area contributed by atoms with E-state index in [4.69, 9.17) is 14.4 Å². The Kier molecular flexibility index (Phi) is 9.28. The Balaban J connectivity index is 1.16. The van der Waals surface area contributed by atoms with Gasteiger partial charge in [-0.25, -0.2) is 9.97 Å². The van der Waals surface area contributed by atoms with Crippen LogP contribution in [0.15, 0.2) is 187 Å². The third-order valence-electron chi connectivity index (χ3n) is 10.8. The first-order chi connectivity index (χ1) is 29.1. The van der Waals surface area contributed by atoms with Crippen molar-refractivity contribution in [2.45, 2.75) is 13.8 Å². The van der Waals surface area contributed by atoms with Gasteiger partial charge in [0.2, 0.25) is 0 Å². The average molecular weight is 778 g/mol. The van der Waals surface area contributed by atoms with Crippen molar-refractivity contribution >= 4 is 83.0 Å². The van der Waals surface area contributed by atoms with Gasteiger partial charge in [0.25, 0.3) is 0 Å². The number of nitrogens with zero attached hydrogens (tertiary/aromatic N) is 3. The number of benzene rings is 6. The molecule has 5 heteroatoms. The van der Waals surface area contributed by atoms with Crippen LogP contribution in [0, 0.1) is 0 Å². The van der Waals surface area contributed by atoms with Crippen molar-refractivity contribution in [3.63, 3.8) is 0 Å². The molecule has 4 heterocycles. The van der Waals surface area contributed by atoms with E-state index in [0.29, 0.717) is 5.82 Å². The highest BCUT2D eigenvalue weighted by Crippen LogP contribution is 2.36. The molecule has 0 saturated carbocycles. The SMILES string of the molecule is C=C/C=C(\C=C/C)n1c2ccccc2c2cc(-c3ccc4s/c(=C/C=C\C)c(=Cc5nc(-c6ccccc6)cc(-c6ccc7oc8ccccc8c7c6)n5)c4c3)ccc21. The Morgan fingerprint density at radius 2 is 1.29 bits per heavy atom. The van der Waals surface area contributed by atoms with E-state index in [1.165, 1.54) is 15.5 Å². The number of thiophene rings is 1. The second-order valence-corrected chi connectivity index (χ2v) is 15.6. The van der Waals surface area contributed by atoms with Crippen LogP contribution in [0.5, 0.6) is 0 Å². The van der Waals surface area contributed by atoms with Gasteiger partial charge in [0.15, 0.2) is 5.82 Å². The smallest absolute Gasteiger partial charge is 0.153 e. The number of furan rings is 1. The lowest BCUT2D eigenvalue weighted by molar-refractivity contribution is 0.669. The van der Waals surface area contributed by atoms with Crippen molar-refractivity contribution in [2.75, 3.05) is 0 Å². The van der Waals surface area contributed by atoms with E-state index < -0.39 is 0 Å². The molecule has 0 bridgehead atoms. The molecule has 0 saturated heterocycles. The van der Waals surface area contributed by atoms with E-state index in [2.05, 4.69) is 169 Å². The topological polar surface area (TPSA) is 43.9 Å². The molecule has 0 aliphatic carbocycles. The van der Waals surface area contributed by atoms with Crippen molar-refractivity contribution in [1.29, 1.82) is 0 Å². The standard InChI is InChI=1S/C54H39N3OS/c1-4-7-23-52-45(33-54-55-46(35-17-9-8-10-18-35)34-47(56-54)38-25-28-51-43(32-38)41-20-12-14-22-50(41)58-51)44-31-37(26-29-53(44)59-52)36-24-27-49-42(30-36)40-19-11-13-21-48(40)57(49)39(15-5-2)16-6-3/h4-34H,2H2,1,3H3/b7-4-,16-6-,39-15+,45-33?,52-23+. The van der Waals surface area contributed by atoms with E-state index in [1.807, 2.05) is 44.2 Å². The molecule has 10 aromatic rings. The maximum absolute atomic E-state index is 6.17. The summed E-state index contributed by atoms with van der Waals surface area (Å²) in [5.74, 6) is 0.650. The highest BCUT2D eigenvalue weighted by atomic mass is 32.1. The van der Waals surface area contributed by atoms with Crippen LogP contribution >= 0.6 is 11.3 Å². The van der Waals surface area contributed by atoms with Gasteiger partial charge in [0.05, 0.1) is 22.4 Å². The van der Waals surface area contributed by atoms with Gasteiger partial charge in [0.1, 0.15) is 11.2 Å². The van der Waals surface area contributed by atoms with E-state index in [1.54, 1.807) is 11.3 Å². The summed E-state index contributed by atoms with van der Waals surface area (Å²) in [6.07, 6.45) is 16.6. The van der Waals surface area contributed by atoms with E-state index >= 15 is 0 Å². The third kappa shape index (κ3) is 6.52. The first-order valence-corrected chi connectivity index (χ1v) is 20.6. The van der Waals surface area contributed by atoms with Crippen molar-refractivity contribution in [3.8, 4) is 33.6 Å². The number of hydrogen-bond acceptors (Lipinski definition) is 4. The molecule has 10 rings (SSSR count). The Labute approximate surface area is 346 Å². The summed E-state index contributed by atoms with van der Waals surface area (Å²) in [4.78, 5) is 10.4. The summed E-state index contributed by atoms with van der Waals surface area (Å²) in [5, 5.41) is 6.83. The predicted molar refractivity (Wildman–Crippen MR) is 252 cm³/mol. The molecule has 0 spiro atoms. The summed E-state index contributed by atoms with van der Waals surface area (Å²) in [7, 11) is 0. The average Bonchev–Trinajstić information content (AvgIpc) is 3.94. The lowest BCUT2D eigenvalue weighted by Crippen LogP contribution is -2.19. The molecule has 0 aliphatic rings. The molecular weight excluding hydrogens is 739 g/mol. The van der Waals surface area contributed by atoms with Gasteiger partial charge in [-0.3, -0.25) is 0 Å². The lowest BCUT2D eigenvalue weighted by atomic mass is 10.0. The zero-order chi connectivity index (χ0) is 39.9. The molecular formula is C54H39N3OS. The van der Waals surface area contributed by atoms with Crippen LogP contribution in [0.25, 0.3) is 105 Å². The fourth-order valence-electron chi connectivity index (χ4n) is 8.15. The highest BCUT2D eigenvalue weighted by Gasteiger charge is 2.16. The largest absolute Gasteiger partial charge is 0.456 e. The number of hydrogen-bond donors (Lipinski definition) is 0. The molecule has 0 atom stereocenters. The molecule has 0 N–H and O–H groups in total. The zero-order valence-electron chi connectivity index (χ0n) is 32.8. The Hall–Kier alpha value is -7.34. The monoisotopic (exact) mass is 777 g/mol. The number of aromatic nitrogens is 3. The van der Waals surface area contributed by atoms with Crippen molar-refractivity contribution in [2.24, 2.45) is 0 Å². The van der Waals surface area contributed by atoms with Crippen LogP contribution in [0.1, 0.15) is 19.7 Å². The van der Waals surface area contributed by atoms with E-state index in [-0.39, 0.29) is 0 Å². The van der Waals surface area contributed by atoms with Gasteiger partial charge in [-0.2, -0.15) is 0 Å². The first-order valence-electron chi connectivity index (χ1n) is 19.8. The second kappa shape index (κ2) is 15.2. The molecule has 0 aliphatic heterocycles. The number of rotatable bonds is 8. The Morgan fingerprint density at radius 3 is 2.10 bits per heavy atom. The second-order valence-electron chi connectivity index (χ2n) is 14.5. The quantitative estimate of drug-likeness (QED) is 0.144. The molecule has 282 valence electrons. The van der Waals surface area contributed by atoms with Crippen LogP contribution < -0.4 is 9.75 Å². The molecule has 0 radical (unpaired) electrons. The van der Waals surface area contributed by atoms with Gasteiger partial charge in [-0.1, -0.05) is 110 Å². The summed E-state index contributed by atoms with van der Waals surface area (Å²) < 4.78 is 10.8.